The molecule has 9 heteroatoms. The number of rotatable bonds is 5. The molecule has 1 aliphatic rings. The van der Waals surface area contributed by atoms with Crippen molar-refractivity contribution in [3.8, 4) is 16.9 Å². The van der Waals surface area contributed by atoms with Crippen LogP contribution in [0.25, 0.3) is 23.0 Å². The summed E-state index contributed by atoms with van der Waals surface area (Å²) in [4.78, 5) is 40.8. The van der Waals surface area contributed by atoms with Gasteiger partial charge in [0, 0.05) is 10.6 Å². The van der Waals surface area contributed by atoms with Crippen LogP contribution in [-0.2, 0) is 11.3 Å². The van der Waals surface area contributed by atoms with E-state index in [-0.39, 0.29) is 17.8 Å². The number of benzene rings is 3. The van der Waals surface area contributed by atoms with Crippen molar-refractivity contribution in [2.45, 2.75) is 20.4 Å². The quantitative estimate of drug-likeness (QED) is 0.249. The maximum absolute atomic E-state index is 13.7. The Morgan fingerprint density at radius 1 is 0.892 bits per heavy atom. The molecule has 5 rings (SSSR count). The summed E-state index contributed by atoms with van der Waals surface area (Å²) in [6, 6.07) is 19.3. The fourth-order valence-electron chi connectivity index (χ4n) is 4.28. The third kappa shape index (κ3) is 4.59. The van der Waals surface area contributed by atoms with Crippen LogP contribution in [0.15, 0.2) is 77.2 Å². The maximum Gasteiger partial charge on any atom is 0.329 e. The van der Waals surface area contributed by atoms with E-state index in [9.17, 15) is 14.4 Å². The molecular formula is C28H22Cl2N4O3. The molecule has 3 amide bonds. The lowest BCUT2D eigenvalue weighted by Gasteiger charge is -2.13. The number of imide groups is 1. The summed E-state index contributed by atoms with van der Waals surface area (Å²) >= 11 is 12.6. The third-order valence-electron chi connectivity index (χ3n) is 6.32. The van der Waals surface area contributed by atoms with Gasteiger partial charge in [-0.1, -0.05) is 65.7 Å². The Balaban J connectivity index is 1.62. The Hall–Kier alpha value is -4.07. The van der Waals surface area contributed by atoms with Gasteiger partial charge in [-0.3, -0.25) is 19.6 Å². The first kappa shape index (κ1) is 24.6. The number of aryl methyl sites for hydroxylation is 2. The summed E-state index contributed by atoms with van der Waals surface area (Å²) in [5.74, 6) is -0.524. The van der Waals surface area contributed by atoms with Gasteiger partial charge in [0.05, 0.1) is 28.5 Å². The maximum atomic E-state index is 13.7. The van der Waals surface area contributed by atoms with Gasteiger partial charge in [0.1, 0.15) is 5.70 Å². The number of carbonyl (C=O) groups excluding carboxylic acids is 2. The van der Waals surface area contributed by atoms with E-state index < -0.39 is 17.5 Å². The number of nitrogens with zero attached hydrogens (tertiary/aromatic N) is 2. The average Bonchev–Trinajstić information content (AvgIpc) is 3.32. The van der Waals surface area contributed by atoms with Gasteiger partial charge in [-0.15, -0.1) is 0 Å². The van der Waals surface area contributed by atoms with E-state index in [1.54, 1.807) is 18.2 Å². The Bertz CT molecular complexity index is 1650. The smallest absolute Gasteiger partial charge is 0.303 e. The van der Waals surface area contributed by atoms with Gasteiger partial charge < -0.3 is 5.32 Å². The van der Waals surface area contributed by atoms with Crippen LogP contribution >= 0.6 is 23.2 Å². The molecule has 0 spiro atoms. The Labute approximate surface area is 222 Å². The summed E-state index contributed by atoms with van der Waals surface area (Å²) in [6.07, 6.45) is 1.39. The molecule has 0 saturated carbocycles. The van der Waals surface area contributed by atoms with Crippen LogP contribution in [-0.4, -0.2) is 26.6 Å². The number of hydrogen-bond donors (Lipinski definition) is 2. The zero-order valence-corrected chi connectivity index (χ0v) is 21.5. The molecule has 1 aliphatic heterocycles. The van der Waals surface area contributed by atoms with Crippen molar-refractivity contribution >= 4 is 41.2 Å². The zero-order valence-electron chi connectivity index (χ0n) is 20.0. The van der Waals surface area contributed by atoms with Crippen molar-refractivity contribution in [2.75, 3.05) is 0 Å². The molecule has 1 saturated heterocycles. The van der Waals surface area contributed by atoms with Crippen molar-refractivity contribution < 1.29 is 9.59 Å². The minimum absolute atomic E-state index is 0.00189. The lowest BCUT2D eigenvalue weighted by atomic mass is 10.1. The molecule has 37 heavy (non-hydrogen) atoms. The minimum Gasteiger partial charge on any atom is -0.303 e. The highest BCUT2D eigenvalue weighted by molar-refractivity contribution is 6.36. The molecule has 0 aliphatic carbocycles. The largest absolute Gasteiger partial charge is 0.329 e. The summed E-state index contributed by atoms with van der Waals surface area (Å²) in [7, 11) is 0. The van der Waals surface area contributed by atoms with E-state index in [1.165, 1.54) is 10.8 Å². The number of hydrogen-bond acceptors (Lipinski definition) is 3. The van der Waals surface area contributed by atoms with Gasteiger partial charge in [-0.25, -0.2) is 9.48 Å². The second-order valence-electron chi connectivity index (χ2n) is 8.76. The standard InChI is InChI=1S/C28H22Cl2N4O3/c1-16-7-3-5-9-18(16)15-33-27(36)23(31-28(33)37)14-21-25(20-12-11-19(29)13-22(20)30)32-34(26(21)35)24-10-6-4-8-17(24)2/h3-14,32H,15H2,1-2H3,(H,31,37). The highest BCUT2D eigenvalue weighted by Crippen LogP contribution is 2.32. The first-order chi connectivity index (χ1) is 17.7. The molecule has 0 radical (unpaired) electrons. The number of amides is 3. The molecular weight excluding hydrogens is 511 g/mol. The normalized spacial score (nSPS) is 14.5. The molecule has 4 aromatic rings. The van der Waals surface area contributed by atoms with Crippen LogP contribution in [0.1, 0.15) is 22.3 Å². The van der Waals surface area contributed by atoms with Gasteiger partial charge in [0.15, 0.2) is 0 Å². The van der Waals surface area contributed by atoms with Crippen molar-refractivity contribution in [1.29, 1.82) is 0 Å². The van der Waals surface area contributed by atoms with E-state index >= 15 is 0 Å². The molecule has 1 aromatic heterocycles. The number of carbonyl (C=O) groups is 2. The Morgan fingerprint density at radius 3 is 2.30 bits per heavy atom. The van der Waals surface area contributed by atoms with Gasteiger partial charge in [0.2, 0.25) is 0 Å². The molecule has 0 unspecified atom stereocenters. The summed E-state index contributed by atoms with van der Waals surface area (Å²) in [5.41, 5.74) is 4.02. The first-order valence-corrected chi connectivity index (χ1v) is 12.3. The number of nitrogens with one attached hydrogen (secondary N) is 2. The topological polar surface area (TPSA) is 87.2 Å². The molecule has 3 aromatic carbocycles. The first-order valence-electron chi connectivity index (χ1n) is 11.5. The molecule has 0 atom stereocenters. The Kier molecular flexibility index (Phi) is 6.50. The van der Waals surface area contributed by atoms with Crippen LogP contribution in [0.3, 0.4) is 0 Å². The SMILES string of the molecule is Cc1ccccc1CN1C(=O)NC(=Cc2c(-c3ccc(Cl)cc3Cl)[nH]n(-c3ccccc3C)c2=O)C1=O. The molecule has 1 fully saturated rings. The van der Waals surface area contributed by atoms with E-state index in [1.807, 2.05) is 62.4 Å². The van der Waals surface area contributed by atoms with E-state index in [4.69, 9.17) is 23.2 Å². The van der Waals surface area contributed by atoms with Gasteiger partial charge in [0.25, 0.3) is 11.5 Å². The Morgan fingerprint density at radius 2 is 1.59 bits per heavy atom. The minimum atomic E-state index is -0.555. The lowest BCUT2D eigenvalue weighted by Crippen LogP contribution is -2.30. The fraction of sp³-hybridized carbons (Fsp3) is 0.107. The molecule has 0 bridgehead atoms. The second-order valence-corrected chi connectivity index (χ2v) is 9.60. The second kappa shape index (κ2) is 9.76. The molecule has 2 N–H and O–H groups in total. The summed E-state index contributed by atoms with van der Waals surface area (Å²) in [5, 5.41) is 6.52. The van der Waals surface area contributed by atoms with Crippen molar-refractivity contribution in [1.82, 2.24) is 20.0 Å². The summed E-state index contributed by atoms with van der Waals surface area (Å²) in [6.45, 7) is 3.92. The van der Waals surface area contributed by atoms with E-state index in [2.05, 4.69) is 10.4 Å². The molecule has 7 nitrogen and oxygen atoms in total. The van der Waals surface area contributed by atoms with E-state index in [0.29, 0.717) is 27.0 Å². The van der Waals surface area contributed by atoms with Crippen molar-refractivity contribution in [3.63, 3.8) is 0 Å². The summed E-state index contributed by atoms with van der Waals surface area (Å²) < 4.78 is 1.40. The third-order valence-corrected chi connectivity index (χ3v) is 6.87. The van der Waals surface area contributed by atoms with E-state index in [0.717, 1.165) is 21.6 Å². The van der Waals surface area contributed by atoms with Crippen molar-refractivity contribution in [3.05, 3.63) is 115 Å². The number of aromatic nitrogens is 2. The number of aromatic amines is 1. The van der Waals surface area contributed by atoms with Crippen LogP contribution in [0.2, 0.25) is 10.0 Å². The lowest BCUT2D eigenvalue weighted by molar-refractivity contribution is -0.123. The monoisotopic (exact) mass is 532 g/mol. The highest BCUT2D eigenvalue weighted by Gasteiger charge is 2.34. The van der Waals surface area contributed by atoms with Gasteiger partial charge >= 0.3 is 6.03 Å². The van der Waals surface area contributed by atoms with Crippen LogP contribution < -0.4 is 10.9 Å². The number of urea groups is 1. The number of para-hydroxylation sites is 1. The number of halogens is 2. The van der Waals surface area contributed by atoms with Crippen molar-refractivity contribution in [2.24, 2.45) is 0 Å². The number of H-pyrrole nitrogens is 1. The van der Waals surface area contributed by atoms with Crippen LogP contribution in [0.5, 0.6) is 0 Å². The van der Waals surface area contributed by atoms with Gasteiger partial charge in [-0.05, 0) is 60.9 Å². The fourth-order valence-corrected chi connectivity index (χ4v) is 4.79. The zero-order chi connectivity index (χ0) is 26.3. The highest BCUT2D eigenvalue weighted by atomic mass is 35.5. The van der Waals surface area contributed by atoms with Crippen LogP contribution in [0, 0.1) is 13.8 Å². The van der Waals surface area contributed by atoms with Gasteiger partial charge in [-0.2, -0.15) is 0 Å². The predicted molar refractivity (Wildman–Crippen MR) is 145 cm³/mol. The average molecular weight is 533 g/mol. The van der Waals surface area contributed by atoms with Crippen LogP contribution in [0.4, 0.5) is 4.79 Å². The molecule has 186 valence electrons. The molecule has 2 heterocycles. The predicted octanol–water partition coefficient (Wildman–Crippen LogP) is 5.85.